The van der Waals surface area contributed by atoms with Crippen LogP contribution in [-0.2, 0) is 0 Å². The van der Waals surface area contributed by atoms with Gasteiger partial charge < -0.3 is 0 Å². The highest BCUT2D eigenvalue weighted by Gasteiger charge is 2.46. The molecule has 0 saturated carbocycles. The Morgan fingerprint density at radius 1 is 0.667 bits per heavy atom. The van der Waals surface area contributed by atoms with Crippen LogP contribution in [0.1, 0.15) is 52.4 Å². The van der Waals surface area contributed by atoms with Gasteiger partial charge in [-0.3, -0.25) is 9.80 Å². The predicted molar refractivity (Wildman–Crippen MR) is 76.8 cm³/mol. The summed E-state index contributed by atoms with van der Waals surface area (Å²) in [6.45, 7) is 5.68. The Hall–Kier alpha value is -0.0800. The molecule has 4 rings (SSSR count). The first kappa shape index (κ1) is 12.9. The molecule has 18 heavy (non-hydrogen) atoms. The molecule has 0 spiro atoms. The van der Waals surface area contributed by atoms with Gasteiger partial charge in [0.15, 0.2) is 0 Å². The third-order valence-corrected chi connectivity index (χ3v) is 5.96. The number of rotatable bonds is 0. The van der Waals surface area contributed by atoms with Gasteiger partial charge in [-0.1, -0.05) is 20.3 Å². The molecule has 2 nitrogen and oxygen atoms in total. The molecule has 0 aromatic heterocycles. The highest BCUT2D eigenvalue weighted by Crippen LogP contribution is 2.42. The molecule has 4 aliphatic rings. The third kappa shape index (κ3) is 2.02. The number of hydrogen-bond acceptors (Lipinski definition) is 2. The van der Waals surface area contributed by atoms with E-state index in [1.807, 2.05) is 0 Å². The Morgan fingerprint density at radius 2 is 1.17 bits per heavy atom. The van der Waals surface area contributed by atoms with Crippen molar-refractivity contribution < 1.29 is 0 Å². The van der Waals surface area contributed by atoms with Crippen LogP contribution in [0.2, 0.25) is 0 Å². The Morgan fingerprint density at radius 3 is 1.67 bits per heavy atom. The van der Waals surface area contributed by atoms with Crippen LogP contribution in [0.25, 0.3) is 0 Å². The van der Waals surface area contributed by atoms with E-state index in [1.165, 1.54) is 64.7 Å². The second-order valence-electron chi connectivity index (χ2n) is 6.87. The molecule has 0 N–H and O–H groups in total. The van der Waals surface area contributed by atoms with Crippen molar-refractivity contribution in [2.24, 2.45) is 11.8 Å². The van der Waals surface area contributed by atoms with Gasteiger partial charge in [0.1, 0.15) is 0 Å². The predicted octanol–water partition coefficient (Wildman–Crippen LogP) is 2.98. The summed E-state index contributed by atoms with van der Waals surface area (Å²) in [7, 11) is 0. The van der Waals surface area contributed by atoms with Crippen molar-refractivity contribution in [3.05, 3.63) is 0 Å². The monoisotopic (exact) mass is 250 g/mol. The molecule has 4 aliphatic heterocycles. The first-order valence-corrected chi connectivity index (χ1v) is 7.90. The lowest BCUT2D eigenvalue weighted by Crippen LogP contribution is -2.63. The Balaban J connectivity index is 0.000001000. The van der Waals surface area contributed by atoms with E-state index in [1.54, 1.807) is 6.42 Å². The van der Waals surface area contributed by atoms with Crippen LogP contribution in [0.3, 0.4) is 0 Å². The fourth-order valence-corrected chi connectivity index (χ4v) is 5.25. The average molecular weight is 250 g/mol. The van der Waals surface area contributed by atoms with E-state index in [-0.39, 0.29) is 7.43 Å². The van der Waals surface area contributed by atoms with Crippen molar-refractivity contribution in [2.45, 2.75) is 64.5 Å². The molecule has 0 amide bonds. The van der Waals surface area contributed by atoms with E-state index < -0.39 is 0 Å². The summed E-state index contributed by atoms with van der Waals surface area (Å²) in [4.78, 5) is 5.74. The van der Waals surface area contributed by atoms with Crippen LogP contribution in [-0.4, -0.2) is 48.1 Å². The Labute approximate surface area is 113 Å². The Kier molecular flexibility index (Phi) is 3.68. The molecule has 0 aromatic carbocycles. The molecule has 104 valence electrons. The Bertz CT molecular complexity index is 263. The molecular formula is C16H30N2. The van der Waals surface area contributed by atoms with E-state index >= 15 is 0 Å². The molecule has 0 aromatic rings. The van der Waals surface area contributed by atoms with E-state index in [0.29, 0.717) is 0 Å². The van der Waals surface area contributed by atoms with Gasteiger partial charge in [-0.05, 0) is 57.0 Å². The minimum absolute atomic E-state index is 0. The van der Waals surface area contributed by atoms with Gasteiger partial charge in [0.25, 0.3) is 0 Å². The quantitative estimate of drug-likeness (QED) is 0.652. The molecule has 2 heteroatoms. The molecule has 2 unspecified atom stereocenters. The maximum atomic E-state index is 2.87. The maximum absolute atomic E-state index is 2.87. The molecule has 4 atom stereocenters. The lowest BCUT2D eigenvalue weighted by atomic mass is 9.71. The first-order valence-electron chi connectivity index (χ1n) is 7.90. The third-order valence-electron chi connectivity index (χ3n) is 5.96. The fraction of sp³-hybridized carbons (Fsp3) is 1.00. The first-order chi connectivity index (χ1) is 8.42. The maximum Gasteiger partial charge on any atom is 0.0136 e. The van der Waals surface area contributed by atoms with Gasteiger partial charge >= 0.3 is 0 Å². The highest BCUT2D eigenvalue weighted by molar-refractivity contribution is 5.00. The SMILES string of the molecule is C.C1CCN2C[C@@H]3CC(CN4CCCC[C@@H]34)C2C1. The van der Waals surface area contributed by atoms with Crippen molar-refractivity contribution in [3.63, 3.8) is 0 Å². The normalized spacial score (nSPS) is 44.7. The van der Waals surface area contributed by atoms with Crippen LogP contribution in [0, 0.1) is 11.8 Å². The second kappa shape index (κ2) is 5.13. The van der Waals surface area contributed by atoms with Gasteiger partial charge in [0, 0.05) is 25.2 Å². The topological polar surface area (TPSA) is 6.48 Å². The molecule has 4 saturated heterocycles. The minimum atomic E-state index is 0. The van der Waals surface area contributed by atoms with Gasteiger partial charge in [0.05, 0.1) is 0 Å². The highest BCUT2D eigenvalue weighted by atomic mass is 15.3. The van der Waals surface area contributed by atoms with E-state index in [0.717, 1.165) is 23.9 Å². The van der Waals surface area contributed by atoms with E-state index in [4.69, 9.17) is 0 Å². The van der Waals surface area contributed by atoms with Crippen molar-refractivity contribution >= 4 is 0 Å². The molecule has 0 radical (unpaired) electrons. The lowest BCUT2D eigenvalue weighted by Gasteiger charge is -2.57. The zero-order valence-corrected chi connectivity index (χ0v) is 11.0. The summed E-state index contributed by atoms with van der Waals surface area (Å²) in [6, 6.07) is 1.92. The van der Waals surface area contributed by atoms with Crippen molar-refractivity contribution in [1.82, 2.24) is 9.80 Å². The number of hydrogen-bond donors (Lipinski definition) is 0. The van der Waals surface area contributed by atoms with Gasteiger partial charge in [0.2, 0.25) is 0 Å². The zero-order valence-electron chi connectivity index (χ0n) is 11.0. The summed E-state index contributed by atoms with van der Waals surface area (Å²) in [5.41, 5.74) is 0. The van der Waals surface area contributed by atoms with Crippen molar-refractivity contribution in [2.75, 3.05) is 26.2 Å². The number of fused-ring (bicyclic) bond motifs is 6. The van der Waals surface area contributed by atoms with Crippen molar-refractivity contribution in [3.8, 4) is 0 Å². The zero-order chi connectivity index (χ0) is 11.2. The molecule has 4 heterocycles. The summed E-state index contributed by atoms with van der Waals surface area (Å²) in [6.07, 6.45) is 10.5. The number of nitrogens with zero attached hydrogens (tertiary/aromatic N) is 2. The smallest absolute Gasteiger partial charge is 0.0136 e. The van der Waals surface area contributed by atoms with E-state index in [9.17, 15) is 0 Å². The van der Waals surface area contributed by atoms with Gasteiger partial charge in [-0.2, -0.15) is 0 Å². The molecule has 2 bridgehead atoms. The summed E-state index contributed by atoms with van der Waals surface area (Å²) in [5, 5.41) is 0. The van der Waals surface area contributed by atoms with Crippen LogP contribution in [0.15, 0.2) is 0 Å². The van der Waals surface area contributed by atoms with Crippen LogP contribution < -0.4 is 0 Å². The number of piperidine rings is 4. The average Bonchev–Trinajstić information content (AvgIpc) is 2.39. The minimum Gasteiger partial charge on any atom is -0.300 e. The summed E-state index contributed by atoms with van der Waals surface area (Å²) in [5.74, 6) is 2.03. The second-order valence-corrected chi connectivity index (χ2v) is 6.87. The summed E-state index contributed by atoms with van der Waals surface area (Å²) < 4.78 is 0. The molecular weight excluding hydrogens is 220 g/mol. The van der Waals surface area contributed by atoms with Crippen LogP contribution in [0.4, 0.5) is 0 Å². The van der Waals surface area contributed by atoms with Crippen LogP contribution in [0.5, 0.6) is 0 Å². The van der Waals surface area contributed by atoms with Gasteiger partial charge in [-0.25, -0.2) is 0 Å². The lowest BCUT2D eigenvalue weighted by molar-refractivity contribution is -0.0718. The van der Waals surface area contributed by atoms with Crippen molar-refractivity contribution in [1.29, 1.82) is 0 Å². The van der Waals surface area contributed by atoms with Gasteiger partial charge in [-0.15, -0.1) is 0 Å². The fourth-order valence-electron chi connectivity index (χ4n) is 5.25. The summed E-state index contributed by atoms with van der Waals surface area (Å²) >= 11 is 0. The molecule has 4 fully saturated rings. The van der Waals surface area contributed by atoms with E-state index in [2.05, 4.69) is 9.80 Å². The largest absolute Gasteiger partial charge is 0.300 e. The standard InChI is InChI=1S/C15H26N2.CH4/c1-3-7-16-11-13-9-12(14(16)5-1)10-17-8-4-2-6-15(13)17;/h12-15H,1-11H2;1H4/t12-,13?,14-,15?;/m0./s1. The van der Waals surface area contributed by atoms with Crippen LogP contribution >= 0.6 is 0 Å². The molecule has 0 aliphatic carbocycles.